The Morgan fingerprint density at radius 3 is 2.73 bits per heavy atom. The molecule has 11 heavy (non-hydrogen) atoms. The number of hydrogen-bond acceptors (Lipinski definition) is 3. The Kier molecular flexibility index (Phi) is 1.68. The highest BCUT2D eigenvalue weighted by atomic mass is 32.2. The lowest BCUT2D eigenvalue weighted by Crippen LogP contribution is -2.39. The average Bonchev–Trinajstić information content (AvgIpc) is 2.36. The van der Waals surface area contributed by atoms with Gasteiger partial charge >= 0.3 is 0 Å². The van der Waals surface area contributed by atoms with Crippen LogP contribution in [0.3, 0.4) is 0 Å². The molecule has 2 aliphatic heterocycles. The number of carbonyl (C=O) groups is 1. The molecule has 2 heterocycles. The molecule has 0 radical (unpaired) electrons. The second kappa shape index (κ2) is 2.55. The van der Waals surface area contributed by atoms with E-state index in [1.807, 2.05) is 11.8 Å². The van der Waals surface area contributed by atoms with E-state index in [1.54, 1.807) is 12.3 Å². The van der Waals surface area contributed by atoms with E-state index in [0.717, 1.165) is 24.3 Å². The topological polar surface area (TPSA) is 26.3 Å². The minimum atomic E-state index is -0.439. The van der Waals surface area contributed by atoms with Crippen LogP contribution in [0.1, 0.15) is 12.8 Å². The van der Waals surface area contributed by atoms with Crippen LogP contribution in [-0.4, -0.2) is 22.9 Å². The number of carbonyl (C=O) groups excluding carboxylic acids is 1. The zero-order chi connectivity index (χ0) is 7.73. The fourth-order valence-electron chi connectivity index (χ4n) is 1.50. The van der Waals surface area contributed by atoms with Gasteiger partial charge in [0.05, 0.1) is 6.26 Å². The summed E-state index contributed by atoms with van der Waals surface area (Å²) in [6.07, 6.45) is 4.85. The molecule has 2 nitrogen and oxygen atoms in total. The molecule has 0 saturated carbocycles. The van der Waals surface area contributed by atoms with Crippen molar-refractivity contribution in [2.45, 2.75) is 18.4 Å². The first-order valence-corrected chi connectivity index (χ1v) is 4.96. The SMILES string of the molecule is O=C1C=COC12CCSCC2. The number of rotatable bonds is 0. The highest BCUT2D eigenvalue weighted by Gasteiger charge is 2.42. The lowest BCUT2D eigenvalue weighted by atomic mass is 9.93. The van der Waals surface area contributed by atoms with Gasteiger partial charge in [0.2, 0.25) is 5.78 Å². The lowest BCUT2D eigenvalue weighted by molar-refractivity contribution is -0.129. The molecule has 1 saturated heterocycles. The number of ether oxygens (including phenoxy) is 1. The maximum absolute atomic E-state index is 11.3. The van der Waals surface area contributed by atoms with Gasteiger partial charge in [-0.3, -0.25) is 4.79 Å². The molecular weight excluding hydrogens is 160 g/mol. The van der Waals surface area contributed by atoms with Crippen molar-refractivity contribution in [3.8, 4) is 0 Å². The summed E-state index contributed by atoms with van der Waals surface area (Å²) in [6.45, 7) is 0. The monoisotopic (exact) mass is 170 g/mol. The van der Waals surface area contributed by atoms with Crippen molar-refractivity contribution >= 4 is 17.5 Å². The van der Waals surface area contributed by atoms with Crippen LogP contribution >= 0.6 is 11.8 Å². The van der Waals surface area contributed by atoms with Gasteiger partial charge in [0.25, 0.3) is 0 Å². The van der Waals surface area contributed by atoms with Gasteiger partial charge in [0.15, 0.2) is 5.60 Å². The van der Waals surface area contributed by atoms with Crippen LogP contribution in [0.4, 0.5) is 0 Å². The second-order valence-electron chi connectivity index (χ2n) is 2.89. The van der Waals surface area contributed by atoms with Gasteiger partial charge in [-0.25, -0.2) is 0 Å². The molecule has 1 spiro atoms. The van der Waals surface area contributed by atoms with Gasteiger partial charge in [-0.15, -0.1) is 0 Å². The van der Waals surface area contributed by atoms with Crippen molar-refractivity contribution in [2.75, 3.05) is 11.5 Å². The predicted molar refractivity (Wildman–Crippen MR) is 44.5 cm³/mol. The summed E-state index contributed by atoms with van der Waals surface area (Å²) in [5.74, 6) is 2.26. The van der Waals surface area contributed by atoms with Crippen LogP contribution in [0.2, 0.25) is 0 Å². The molecule has 0 amide bonds. The molecule has 2 rings (SSSR count). The summed E-state index contributed by atoms with van der Waals surface area (Å²) in [5.41, 5.74) is -0.439. The molecule has 3 heteroatoms. The standard InChI is InChI=1S/C8H10O2S/c9-7-1-4-10-8(7)2-5-11-6-3-8/h1,4H,2-3,5-6H2. The van der Waals surface area contributed by atoms with E-state index in [0.29, 0.717) is 0 Å². The molecule has 0 aliphatic carbocycles. The number of ketones is 1. The Labute approximate surface area is 70.0 Å². The lowest BCUT2D eigenvalue weighted by Gasteiger charge is -2.30. The molecule has 0 aromatic rings. The molecule has 60 valence electrons. The minimum Gasteiger partial charge on any atom is -0.487 e. The van der Waals surface area contributed by atoms with Crippen LogP contribution in [0.15, 0.2) is 12.3 Å². The third kappa shape index (κ3) is 1.07. The first-order valence-electron chi connectivity index (χ1n) is 3.80. The first kappa shape index (κ1) is 7.22. The Morgan fingerprint density at radius 1 is 1.45 bits per heavy atom. The van der Waals surface area contributed by atoms with E-state index < -0.39 is 5.60 Å². The van der Waals surface area contributed by atoms with E-state index in [2.05, 4.69) is 0 Å². The van der Waals surface area contributed by atoms with Crippen LogP contribution in [0.25, 0.3) is 0 Å². The summed E-state index contributed by atoms with van der Waals surface area (Å²) in [7, 11) is 0. The van der Waals surface area contributed by atoms with Gasteiger partial charge in [0, 0.05) is 18.9 Å². The van der Waals surface area contributed by atoms with Crippen LogP contribution in [0.5, 0.6) is 0 Å². The number of thioether (sulfide) groups is 1. The Morgan fingerprint density at radius 2 is 2.18 bits per heavy atom. The largest absolute Gasteiger partial charge is 0.487 e. The van der Waals surface area contributed by atoms with Gasteiger partial charge in [-0.05, 0) is 11.5 Å². The van der Waals surface area contributed by atoms with Crippen LogP contribution < -0.4 is 0 Å². The van der Waals surface area contributed by atoms with E-state index >= 15 is 0 Å². The van der Waals surface area contributed by atoms with Crippen LogP contribution in [0, 0.1) is 0 Å². The maximum atomic E-state index is 11.3. The van der Waals surface area contributed by atoms with Crippen molar-refractivity contribution in [3.63, 3.8) is 0 Å². The van der Waals surface area contributed by atoms with Crippen molar-refractivity contribution < 1.29 is 9.53 Å². The predicted octanol–water partition coefficient (Wildman–Crippen LogP) is 1.37. The molecule has 2 aliphatic rings. The quantitative estimate of drug-likeness (QED) is 0.549. The maximum Gasteiger partial charge on any atom is 0.202 e. The summed E-state index contributed by atoms with van der Waals surface area (Å²) in [4.78, 5) is 11.3. The minimum absolute atomic E-state index is 0.165. The highest BCUT2D eigenvalue weighted by Crippen LogP contribution is 2.34. The van der Waals surface area contributed by atoms with Gasteiger partial charge < -0.3 is 4.74 Å². The normalized spacial score (nSPS) is 27.5. The molecule has 0 unspecified atom stereocenters. The van der Waals surface area contributed by atoms with E-state index in [1.165, 1.54) is 0 Å². The summed E-state index contributed by atoms with van der Waals surface area (Å²) in [5, 5.41) is 0. The third-order valence-corrected chi connectivity index (χ3v) is 3.25. The third-order valence-electron chi connectivity index (χ3n) is 2.26. The molecule has 0 atom stereocenters. The van der Waals surface area contributed by atoms with Gasteiger partial charge in [0.1, 0.15) is 0 Å². The average molecular weight is 170 g/mol. The van der Waals surface area contributed by atoms with E-state index in [4.69, 9.17) is 4.74 Å². The van der Waals surface area contributed by atoms with Crippen molar-refractivity contribution in [3.05, 3.63) is 12.3 Å². The van der Waals surface area contributed by atoms with Crippen molar-refractivity contribution in [2.24, 2.45) is 0 Å². The van der Waals surface area contributed by atoms with E-state index in [-0.39, 0.29) is 5.78 Å². The fourth-order valence-corrected chi connectivity index (χ4v) is 2.65. The van der Waals surface area contributed by atoms with Gasteiger partial charge in [-0.2, -0.15) is 11.8 Å². The van der Waals surface area contributed by atoms with Crippen LogP contribution in [-0.2, 0) is 9.53 Å². The number of hydrogen-bond donors (Lipinski definition) is 0. The highest BCUT2D eigenvalue weighted by molar-refractivity contribution is 7.99. The molecule has 1 fully saturated rings. The fraction of sp³-hybridized carbons (Fsp3) is 0.625. The van der Waals surface area contributed by atoms with Crippen molar-refractivity contribution in [1.82, 2.24) is 0 Å². The molecule has 0 N–H and O–H groups in total. The summed E-state index contributed by atoms with van der Waals surface area (Å²) in [6, 6.07) is 0. The Balaban J connectivity index is 2.15. The summed E-state index contributed by atoms with van der Waals surface area (Å²) < 4.78 is 5.35. The molecule has 0 bridgehead atoms. The summed E-state index contributed by atoms with van der Waals surface area (Å²) >= 11 is 1.90. The Hall–Kier alpha value is -0.440. The zero-order valence-electron chi connectivity index (χ0n) is 6.21. The molecular formula is C8H10O2S. The van der Waals surface area contributed by atoms with E-state index in [9.17, 15) is 4.79 Å². The molecule has 0 aromatic carbocycles. The Bertz CT molecular complexity index is 204. The smallest absolute Gasteiger partial charge is 0.202 e. The zero-order valence-corrected chi connectivity index (χ0v) is 7.02. The van der Waals surface area contributed by atoms with Crippen molar-refractivity contribution in [1.29, 1.82) is 0 Å². The second-order valence-corrected chi connectivity index (χ2v) is 4.12. The van der Waals surface area contributed by atoms with Gasteiger partial charge in [-0.1, -0.05) is 0 Å². The first-order chi connectivity index (χ1) is 5.33. The molecule has 0 aromatic heterocycles.